The van der Waals surface area contributed by atoms with Crippen molar-refractivity contribution in [3.05, 3.63) is 46.5 Å². The summed E-state index contributed by atoms with van der Waals surface area (Å²) in [5, 5.41) is 2.49. The number of amides is 1. The van der Waals surface area contributed by atoms with Gasteiger partial charge in [-0.25, -0.2) is 4.79 Å². The van der Waals surface area contributed by atoms with Crippen LogP contribution in [0.4, 0.5) is 4.79 Å². The molecule has 7 nitrogen and oxygen atoms in total. The number of ether oxygens (including phenoxy) is 2. The zero-order chi connectivity index (χ0) is 24.5. The van der Waals surface area contributed by atoms with Gasteiger partial charge in [0.25, 0.3) is 5.56 Å². The van der Waals surface area contributed by atoms with Gasteiger partial charge in [-0.05, 0) is 63.6 Å². The number of hydrogen-bond donors (Lipinski definition) is 0. The van der Waals surface area contributed by atoms with Gasteiger partial charge in [-0.15, -0.1) is 0 Å². The average molecular weight is 454 g/mol. The molecule has 1 aromatic carbocycles. The molecule has 0 saturated heterocycles. The highest BCUT2D eigenvalue weighted by molar-refractivity contribution is 6.06. The van der Waals surface area contributed by atoms with E-state index in [1.165, 1.54) is 0 Å². The van der Waals surface area contributed by atoms with Crippen LogP contribution >= 0.6 is 0 Å². The van der Waals surface area contributed by atoms with E-state index in [1.807, 2.05) is 52.0 Å². The molecule has 2 heterocycles. The Kier molecular flexibility index (Phi) is 7.00. The van der Waals surface area contributed by atoms with Crippen molar-refractivity contribution >= 4 is 27.8 Å². The van der Waals surface area contributed by atoms with Gasteiger partial charge in [-0.2, -0.15) is 0 Å². The van der Waals surface area contributed by atoms with Crippen molar-refractivity contribution in [3.8, 4) is 5.75 Å². The Balaban J connectivity index is 1.90. The van der Waals surface area contributed by atoms with E-state index >= 15 is 0 Å². The lowest BCUT2D eigenvalue weighted by molar-refractivity contribution is 0.0153. The van der Waals surface area contributed by atoms with Crippen LogP contribution in [0.15, 0.2) is 35.3 Å². The van der Waals surface area contributed by atoms with Crippen LogP contribution in [0.1, 0.15) is 46.7 Å². The van der Waals surface area contributed by atoms with Crippen LogP contribution in [0.5, 0.6) is 5.75 Å². The van der Waals surface area contributed by atoms with Crippen molar-refractivity contribution in [2.45, 2.75) is 59.6 Å². The minimum Gasteiger partial charge on any atom is -0.491 e. The second-order valence-electron chi connectivity index (χ2n) is 10.0. The topological polar surface area (TPSA) is 73.7 Å². The summed E-state index contributed by atoms with van der Waals surface area (Å²) in [5.74, 6) is 1.03. The fourth-order valence-electron chi connectivity index (χ4n) is 4.00. The monoisotopic (exact) mass is 453 g/mol. The number of rotatable bonds is 6. The maximum Gasteiger partial charge on any atom is 0.410 e. The van der Waals surface area contributed by atoms with E-state index in [0.29, 0.717) is 23.7 Å². The molecular weight excluding hydrogens is 418 g/mol. The first-order chi connectivity index (χ1) is 15.4. The lowest BCUT2D eigenvalue weighted by atomic mass is 10.0. The van der Waals surface area contributed by atoms with Gasteiger partial charge in [0.05, 0.1) is 22.6 Å². The third-order valence-electron chi connectivity index (χ3n) is 5.69. The standard InChI is InChI=1S/C26H35N3O4/c1-16(2)13-18(28(7)25(31)33-26(4,5)6)15-32-19-9-10-20-21-11-12-27-17(3)23(21)24(30)29(8)22(20)14-19/h9-12,14,16,18H,13,15H2,1-8H3. The van der Waals surface area contributed by atoms with Gasteiger partial charge in [0.2, 0.25) is 0 Å². The van der Waals surface area contributed by atoms with E-state index in [0.717, 1.165) is 28.4 Å². The van der Waals surface area contributed by atoms with Gasteiger partial charge in [0.15, 0.2) is 0 Å². The normalized spacial score (nSPS) is 12.9. The summed E-state index contributed by atoms with van der Waals surface area (Å²) in [5.41, 5.74) is 0.866. The second-order valence-corrected chi connectivity index (χ2v) is 10.0. The zero-order valence-corrected chi connectivity index (χ0v) is 20.9. The van der Waals surface area contributed by atoms with Crippen molar-refractivity contribution in [1.82, 2.24) is 14.5 Å². The molecule has 33 heavy (non-hydrogen) atoms. The molecule has 2 aromatic heterocycles. The van der Waals surface area contributed by atoms with E-state index in [1.54, 1.807) is 29.8 Å². The van der Waals surface area contributed by atoms with Gasteiger partial charge in [-0.3, -0.25) is 9.78 Å². The molecule has 3 aromatic rings. The van der Waals surface area contributed by atoms with Crippen molar-refractivity contribution in [2.75, 3.05) is 13.7 Å². The van der Waals surface area contributed by atoms with Crippen LogP contribution in [0.25, 0.3) is 21.7 Å². The third-order valence-corrected chi connectivity index (χ3v) is 5.69. The van der Waals surface area contributed by atoms with E-state index < -0.39 is 5.60 Å². The molecule has 0 spiro atoms. The smallest absolute Gasteiger partial charge is 0.410 e. The van der Waals surface area contributed by atoms with Crippen LogP contribution in [-0.2, 0) is 11.8 Å². The van der Waals surface area contributed by atoms with Crippen molar-refractivity contribution in [3.63, 3.8) is 0 Å². The predicted octanol–water partition coefficient (Wildman–Crippen LogP) is 5.06. The maximum atomic E-state index is 13.0. The summed E-state index contributed by atoms with van der Waals surface area (Å²) in [6.07, 6.45) is 2.14. The molecule has 1 unspecified atom stereocenters. The number of carbonyl (C=O) groups excluding carboxylic acids is 1. The lowest BCUT2D eigenvalue weighted by Crippen LogP contribution is -2.44. The molecule has 0 saturated carbocycles. The number of aromatic nitrogens is 2. The van der Waals surface area contributed by atoms with Crippen molar-refractivity contribution in [1.29, 1.82) is 0 Å². The van der Waals surface area contributed by atoms with E-state index in [9.17, 15) is 9.59 Å². The van der Waals surface area contributed by atoms with E-state index in [-0.39, 0.29) is 17.7 Å². The van der Waals surface area contributed by atoms with Crippen LogP contribution in [0, 0.1) is 12.8 Å². The zero-order valence-electron chi connectivity index (χ0n) is 20.9. The van der Waals surface area contributed by atoms with Crippen molar-refractivity contribution in [2.24, 2.45) is 13.0 Å². The first kappa shape index (κ1) is 24.6. The van der Waals surface area contributed by atoms with Crippen LogP contribution in [0.2, 0.25) is 0 Å². The Morgan fingerprint density at radius 1 is 1.18 bits per heavy atom. The van der Waals surface area contributed by atoms with Crippen LogP contribution < -0.4 is 10.3 Å². The minimum absolute atomic E-state index is 0.0809. The number of benzene rings is 1. The Morgan fingerprint density at radius 2 is 1.88 bits per heavy atom. The maximum absolute atomic E-state index is 13.0. The van der Waals surface area contributed by atoms with Gasteiger partial charge >= 0.3 is 6.09 Å². The Hall–Kier alpha value is -3.09. The Morgan fingerprint density at radius 3 is 2.52 bits per heavy atom. The fourth-order valence-corrected chi connectivity index (χ4v) is 4.00. The summed E-state index contributed by atoms with van der Waals surface area (Å²) in [6, 6.07) is 7.49. The third kappa shape index (κ3) is 5.46. The van der Waals surface area contributed by atoms with Gasteiger partial charge in [0.1, 0.15) is 18.0 Å². The summed E-state index contributed by atoms with van der Waals surface area (Å²) in [7, 11) is 3.51. The lowest BCUT2D eigenvalue weighted by Gasteiger charge is -2.31. The molecule has 0 N–H and O–H groups in total. The average Bonchev–Trinajstić information content (AvgIpc) is 2.72. The molecule has 3 rings (SSSR count). The van der Waals surface area contributed by atoms with Gasteiger partial charge in [0, 0.05) is 31.7 Å². The molecule has 0 radical (unpaired) electrons. The first-order valence-corrected chi connectivity index (χ1v) is 11.4. The highest BCUT2D eigenvalue weighted by Gasteiger charge is 2.26. The Labute approximate surface area is 195 Å². The second kappa shape index (κ2) is 9.41. The summed E-state index contributed by atoms with van der Waals surface area (Å²) in [4.78, 5) is 31.5. The molecule has 0 bridgehead atoms. The molecule has 7 heteroatoms. The van der Waals surface area contributed by atoms with Gasteiger partial charge in [-0.1, -0.05) is 13.8 Å². The molecule has 0 aliphatic carbocycles. The fraction of sp³-hybridized carbons (Fsp3) is 0.500. The van der Waals surface area contributed by atoms with Gasteiger partial charge < -0.3 is 18.9 Å². The largest absolute Gasteiger partial charge is 0.491 e. The van der Waals surface area contributed by atoms with E-state index in [4.69, 9.17) is 9.47 Å². The molecule has 0 fully saturated rings. The van der Waals surface area contributed by atoms with Crippen molar-refractivity contribution < 1.29 is 14.3 Å². The molecular formula is C26H35N3O4. The summed E-state index contributed by atoms with van der Waals surface area (Å²) in [6.45, 7) is 12.0. The quantitative estimate of drug-likeness (QED) is 0.488. The van der Waals surface area contributed by atoms with Crippen LogP contribution in [0.3, 0.4) is 0 Å². The van der Waals surface area contributed by atoms with Crippen LogP contribution in [-0.4, -0.2) is 45.8 Å². The number of carbonyl (C=O) groups is 1. The molecule has 1 amide bonds. The number of likely N-dealkylation sites (N-methyl/N-ethyl adjacent to an activating group) is 1. The molecule has 0 aliphatic heterocycles. The number of hydrogen-bond acceptors (Lipinski definition) is 5. The summed E-state index contributed by atoms with van der Waals surface area (Å²) < 4.78 is 13.3. The number of aryl methyl sites for hydroxylation is 2. The predicted molar refractivity (Wildman–Crippen MR) is 132 cm³/mol. The molecule has 178 valence electrons. The number of nitrogens with zero attached hydrogens (tertiary/aromatic N) is 3. The highest BCUT2D eigenvalue weighted by Crippen LogP contribution is 2.27. The number of fused-ring (bicyclic) bond motifs is 3. The molecule has 1 atom stereocenters. The summed E-state index contributed by atoms with van der Waals surface area (Å²) >= 11 is 0. The minimum atomic E-state index is -0.561. The SMILES string of the molecule is Cc1nccc2c1c(=O)n(C)c1cc(OCC(CC(C)C)N(C)C(=O)OC(C)(C)C)ccc21. The molecule has 0 aliphatic rings. The van der Waals surface area contributed by atoms with E-state index in [2.05, 4.69) is 18.8 Å². The highest BCUT2D eigenvalue weighted by atomic mass is 16.6. The Bertz CT molecular complexity index is 1220. The first-order valence-electron chi connectivity index (χ1n) is 11.4. The number of pyridine rings is 2.